The monoisotopic (exact) mass is 524 g/mol. The van der Waals surface area contributed by atoms with Gasteiger partial charge < -0.3 is 14.9 Å². The summed E-state index contributed by atoms with van der Waals surface area (Å²) in [5.41, 5.74) is 0.694. The van der Waals surface area contributed by atoms with Crippen LogP contribution in [-0.2, 0) is 14.4 Å². The third kappa shape index (κ3) is 5.05. The molecule has 2 atom stereocenters. The Balaban J connectivity index is 1.20. The van der Waals surface area contributed by atoms with Crippen molar-refractivity contribution in [2.45, 2.75) is 29.2 Å². The summed E-state index contributed by atoms with van der Waals surface area (Å²) in [6.07, 6.45) is 6.36. The maximum absolute atomic E-state index is 12.9. The van der Waals surface area contributed by atoms with Crippen LogP contribution in [0.15, 0.2) is 70.8 Å². The molecule has 0 bridgehead atoms. The summed E-state index contributed by atoms with van der Waals surface area (Å²) in [5, 5.41) is 14.6. The van der Waals surface area contributed by atoms with Gasteiger partial charge in [-0.15, -0.1) is 23.5 Å². The van der Waals surface area contributed by atoms with E-state index in [1.54, 1.807) is 0 Å². The normalized spacial score (nSPS) is 23.1. The second kappa shape index (κ2) is 10.3. The molecule has 7 nitrogen and oxygen atoms in total. The third-order valence-corrected chi connectivity index (χ3v) is 9.41. The zero-order chi connectivity index (χ0) is 25.3. The minimum absolute atomic E-state index is 0.0418. The average Bonchev–Trinajstić information content (AvgIpc) is 3.31. The smallest absolute Gasteiger partial charge is 0.352 e. The zero-order valence-electron chi connectivity index (χ0n) is 20.2. The van der Waals surface area contributed by atoms with Gasteiger partial charge in [0.25, 0.3) is 5.91 Å². The number of hydrogen-bond donors (Lipinski definition) is 2. The van der Waals surface area contributed by atoms with Crippen molar-refractivity contribution in [1.29, 1.82) is 0 Å². The summed E-state index contributed by atoms with van der Waals surface area (Å²) in [6, 6.07) is 13.4. The molecule has 0 spiro atoms. The quantitative estimate of drug-likeness (QED) is 0.313. The van der Waals surface area contributed by atoms with Crippen LogP contribution in [-0.4, -0.2) is 81.9 Å². The molecule has 2 N–H and O–H groups in total. The molecule has 0 unspecified atom stereocenters. The number of likely N-dealkylation sites (N-methyl/N-ethyl adjacent to an activating group) is 1. The molecule has 2 saturated heterocycles. The summed E-state index contributed by atoms with van der Waals surface area (Å²) in [5.74, 6) is -1.02. The van der Waals surface area contributed by atoms with Crippen molar-refractivity contribution in [2.24, 2.45) is 0 Å². The molecule has 2 aromatic carbocycles. The van der Waals surface area contributed by atoms with Crippen LogP contribution in [0.2, 0.25) is 0 Å². The number of carbonyl (C=O) groups excluding carboxylic acids is 2. The fraction of sp³-hybridized carbons (Fsp3) is 0.370. The number of hydrogen-bond acceptors (Lipinski definition) is 5. The Kier molecular flexibility index (Phi) is 7.14. The Bertz CT molecular complexity index is 1270. The third-order valence-electron chi connectivity index (χ3n) is 7.12. The fourth-order valence-electron chi connectivity index (χ4n) is 5.12. The van der Waals surface area contributed by atoms with Crippen molar-refractivity contribution in [3.63, 3.8) is 0 Å². The van der Waals surface area contributed by atoms with E-state index in [1.165, 1.54) is 41.3 Å². The molecule has 3 aliphatic heterocycles. The molecule has 2 fully saturated rings. The van der Waals surface area contributed by atoms with Crippen molar-refractivity contribution < 1.29 is 24.0 Å². The van der Waals surface area contributed by atoms with E-state index in [-0.39, 0.29) is 23.3 Å². The number of nitrogens with one attached hydrogen (secondary N) is 1. The minimum atomic E-state index is -1.11. The molecule has 2 aromatic rings. The topological polar surface area (TPSA) is 86.7 Å². The SMILES string of the molecule is C[N+]1(CC=CC2=C(C(=O)O)N3C(=O)[C@@H](NC(=O)CSc4ccc5ccccc5c4)[C@H]3SC2)CCCC1. The Hall–Kier alpha value is -2.75. The van der Waals surface area contributed by atoms with Gasteiger partial charge in [0.15, 0.2) is 0 Å². The van der Waals surface area contributed by atoms with Gasteiger partial charge in [-0.1, -0.05) is 36.4 Å². The van der Waals surface area contributed by atoms with Gasteiger partial charge in [0, 0.05) is 23.5 Å². The van der Waals surface area contributed by atoms with Gasteiger partial charge in [-0.2, -0.15) is 0 Å². The molecule has 0 aromatic heterocycles. The number of fused-ring (bicyclic) bond motifs is 2. The number of likely N-dealkylation sites (tertiary alicyclic amines) is 1. The van der Waals surface area contributed by atoms with Crippen LogP contribution in [0.5, 0.6) is 0 Å². The van der Waals surface area contributed by atoms with E-state index in [2.05, 4.69) is 12.4 Å². The lowest BCUT2D eigenvalue weighted by atomic mass is 10.0. The largest absolute Gasteiger partial charge is 0.477 e. The second-order valence-electron chi connectivity index (χ2n) is 9.79. The molecule has 3 aliphatic rings. The van der Waals surface area contributed by atoms with E-state index < -0.39 is 17.4 Å². The predicted octanol–water partition coefficient (Wildman–Crippen LogP) is 3.47. The number of carboxylic acid groups (broad SMARTS) is 1. The van der Waals surface area contributed by atoms with Crippen LogP contribution in [0.25, 0.3) is 10.8 Å². The van der Waals surface area contributed by atoms with Crippen LogP contribution < -0.4 is 5.32 Å². The lowest BCUT2D eigenvalue weighted by molar-refractivity contribution is -0.891. The number of β-lactam (4-membered cyclic amide) rings is 1. The zero-order valence-corrected chi connectivity index (χ0v) is 21.8. The summed E-state index contributed by atoms with van der Waals surface area (Å²) in [4.78, 5) is 39.9. The van der Waals surface area contributed by atoms with Crippen molar-refractivity contribution in [3.8, 4) is 0 Å². The van der Waals surface area contributed by atoms with E-state index in [9.17, 15) is 19.5 Å². The molecule has 0 saturated carbocycles. The molecule has 5 rings (SSSR count). The second-order valence-corrected chi connectivity index (χ2v) is 11.9. The number of benzene rings is 2. The number of carboxylic acids is 1. The highest BCUT2D eigenvalue weighted by atomic mass is 32.2. The number of thioether (sulfide) groups is 2. The first-order valence-electron chi connectivity index (χ1n) is 12.2. The molecule has 36 heavy (non-hydrogen) atoms. The number of aliphatic carboxylic acids is 1. The van der Waals surface area contributed by atoms with Crippen LogP contribution in [0.4, 0.5) is 0 Å². The molecule has 2 amide bonds. The van der Waals surface area contributed by atoms with Gasteiger partial charge in [-0.3, -0.25) is 14.5 Å². The Morgan fingerprint density at radius 1 is 1.19 bits per heavy atom. The molecule has 9 heteroatoms. The lowest BCUT2D eigenvalue weighted by Gasteiger charge is -2.49. The fourth-order valence-corrected chi connectivity index (χ4v) is 7.20. The van der Waals surface area contributed by atoms with E-state index in [0.717, 1.165) is 39.8 Å². The standard InChI is InChI=1S/C27H29N3O4S2/c1-30(12-4-5-13-30)14-6-9-20-16-36-26-23(25(32)29(26)24(20)27(33)34)28-22(31)17-35-21-11-10-18-7-2-3-8-19(18)15-21/h2-3,6-11,15,23,26H,4-5,12-14,16-17H2,1H3,(H-,28,31,33,34)/p+1/t23-,26-/m1/s1. The van der Waals surface area contributed by atoms with E-state index in [1.807, 2.05) is 54.6 Å². The first-order chi connectivity index (χ1) is 17.3. The van der Waals surface area contributed by atoms with Gasteiger partial charge in [0.2, 0.25) is 5.91 Å². The maximum atomic E-state index is 12.9. The molecule has 188 valence electrons. The molecule has 0 aliphatic carbocycles. The summed E-state index contributed by atoms with van der Waals surface area (Å²) < 4.78 is 0.968. The predicted molar refractivity (Wildman–Crippen MR) is 144 cm³/mol. The number of allylic oxidation sites excluding steroid dienone is 1. The molecular formula is C27H30N3O4S2+. The van der Waals surface area contributed by atoms with Crippen molar-refractivity contribution >= 4 is 52.1 Å². The van der Waals surface area contributed by atoms with Crippen LogP contribution in [0.3, 0.4) is 0 Å². The Morgan fingerprint density at radius 2 is 1.94 bits per heavy atom. The number of carbonyl (C=O) groups is 3. The molecular weight excluding hydrogens is 494 g/mol. The number of nitrogens with zero attached hydrogens (tertiary/aromatic N) is 2. The number of rotatable bonds is 8. The van der Waals surface area contributed by atoms with E-state index >= 15 is 0 Å². The molecule has 3 heterocycles. The van der Waals surface area contributed by atoms with Gasteiger partial charge in [0.05, 0.1) is 32.4 Å². The van der Waals surface area contributed by atoms with Gasteiger partial charge >= 0.3 is 5.97 Å². The first-order valence-corrected chi connectivity index (χ1v) is 14.2. The van der Waals surface area contributed by atoms with Gasteiger partial charge in [-0.05, 0) is 34.6 Å². The summed E-state index contributed by atoms with van der Waals surface area (Å²) in [6.45, 7) is 3.13. The van der Waals surface area contributed by atoms with Crippen molar-refractivity contribution in [1.82, 2.24) is 10.2 Å². The highest BCUT2D eigenvalue weighted by Gasteiger charge is 2.53. The highest BCUT2D eigenvalue weighted by Crippen LogP contribution is 2.40. The highest BCUT2D eigenvalue weighted by molar-refractivity contribution is 8.00. The van der Waals surface area contributed by atoms with Crippen LogP contribution >= 0.6 is 23.5 Å². The lowest BCUT2D eigenvalue weighted by Crippen LogP contribution is -2.70. The number of quaternary nitrogens is 1. The number of amides is 2. The summed E-state index contributed by atoms with van der Waals surface area (Å²) in [7, 11) is 2.22. The first kappa shape index (κ1) is 24.9. The van der Waals surface area contributed by atoms with Gasteiger partial charge in [0.1, 0.15) is 17.1 Å². The maximum Gasteiger partial charge on any atom is 0.352 e. The average molecular weight is 525 g/mol. The molecule has 0 radical (unpaired) electrons. The Labute approximate surface area is 219 Å². The minimum Gasteiger partial charge on any atom is -0.477 e. The van der Waals surface area contributed by atoms with Crippen molar-refractivity contribution in [2.75, 3.05) is 38.2 Å². The van der Waals surface area contributed by atoms with Crippen LogP contribution in [0, 0.1) is 0 Å². The summed E-state index contributed by atoms with van der Waals surface area (Å²) >= 11 is 2.92. The Morgan fingerprint density at radius 3 is 2.69 bits per heavy atom. The van der Waals surface area contributed by atoms with Crippen molar-refractivity contribution in [3.05, 3.63) is 65.9 Å². The van der Waals surface area contributed by atoms with Gasteiger partial charge in [-0.25, -0.2) is 4.79 Å². The van der Waals surface area contributed by atoms with E-state index in [0.29, 0.717) is 11.3 Å². The van der Waals surface area contributed by atoms with E-state index in [4.69, 9.17) is 0 Å². The van der Waals surface area contributed by atoms with Crippen LogP contribution in [0.1, 0.15) is 12.8 Å².